The lowest BCUT2D eigenvalue weighted by molar-refractivity contribution is -0.0496. The van der Waals surface area contributed by atoms with Crippen LogP contribution >= 0.6 is 10.3 Å². The summed E-state index contributed by atoms with van der Waals surface area (Å²) >= 11 is 0. The summed E-state index contributed by atoms with van der Waals surface area (Å²) < 4.78 is 66.3. The van der Waals surface area contributed by atoms with Gasteiger partial charge in [-0.2, -0.15) is 21.6 Å². The van der Waals surface area contributed by atoms with Gasteiger partial charge in [-0.1, -0.05) is 56.9 Å². The standard InChI is InChI=1S/C14H23F3O3S2Si/c1-12(23(3,4)5)21(2,11-13-9-7-6-8-10-13)20-22(18,19)14(15,16)17/h6-10,12H,11H2,1-5H3. The van der Waals surface area contributed by atoms with Gasteiger partial charge in [-0.05, 0) is 11.8 Å². The third-order valence-corrected chi connectivity index (χ3v) is 14.8. The lowest BCUT2D eigenvalue weighted by Gasteiger charge is -2.45. The molecule has 0 radical (unpaired) electrons. The van der Waals surface area contributed by atoms with E-state index in [1.807, 2.05) is 19.6 Å². The average Bonchev–Trinajstić information content (AvgIpc) is 2.35. The molecule has 3 nitrogen and oxygen atoms in total. The van der Waals surface area contributed by atoms with Crippen molar-refractivity contribution in [1.29, 1.82) is 0 Å². The number of hydrogen-bond acceptors (Lipinski definition) is 3. The van der Waals surface area contributed by atoms with Crippen LogP contribution in [-0.2, 0) is 19.5 Å². The minimum absolute atomic E-state index is 0.175. The van der Waals surface area contributed by atoms with Crippen LogP contribution in [-0.4, -0.2) is 33.1 Å². The van der Waals surface area contributed by atoms with Crippen molar-refractivity contribution in [1.82, 2.24) is 0 Å². The monoisotopic (exact) mass is 388 g/mol. The van der Waals surface area contributed by atoms with Crippen molar-refractivity contribution < 1.29 is 25.2 Å². The van der Waals surface area contributed by atoms with Gasteiger partial charge in [-0.3, -0.25) is 0 Å². The molecule has 0 saturated carbocycles. The second kappa shape index (κ2) is 6.77. The van der Waals surface area contributed by atoms with Gasteiger partial charge in [0.25, 0.3) is 0 Å². The largest absolute Gasteiger partial charge is 0.523 e. The molecule has 0 spiro atoms. The SMILES string of the molecule is CC([Si](C)(C)C)S(C)(Cc1ccccc1)OS(=O)(=O)C(F)(F)F. The lowest BCUT2D eigenvalue weighted by Crippen LogP contribution is -2.42. The molecule has 0 aromatic heterocycles. The maximum absolute atomic E-state index is 12.8. The highest BCUT2D eigenvalue weighted by Crippen LogP contribution is 2.58. The smallest absolute Gasteiger partial charge is 0.213 e. The normalized spacial score (nSPS) is 19.0. The van der Waals surface area contributed by atoms with E-state index in [1.54, 1.807) is 37.3 Å². The maximum Gasteiger partial charge on any atom is 0.523 e. The van der Waals surface area contributed by atoms with E-state index in [0.717, 1.165) is 5.56 Å². The van der Waals surface area contributed by atoms with E-state index in [4.69, 9.17) is 3.63 Å². The van der Waals surface area contributed by atoms with E-state index in [9.17, 15) is 21.6 Å². The zero-order valence-electron chi connectivity index (χ0n) is 13.8. The summed E-state index contributed by atoms with van der Waals surface area (Å²) in [6.07, 6.45) is 1.53. The van der Waals surface area contributed by atoms with Crippen LogP contribution in [0.4, 0.5) is 13.2 Å². The first kappa shape index (κ1) is 20.5. The van der Waals surface area contributed by atoms with E-state index < -0.39 is 34.0 Å². The molecule has 0 amide bonds. The highest BCUT2D eigenvalue weighted by Gasteiger charge is 2.52. The molecule has 2 unspecified atom stereocenters. The van der Waals surface area contributed by atoms with Crippen molar-refractivity contribution in [3.63, 3.8) is 0 Å². The molecular formula is C14H23F3O3S2Si. The topological polar surface area (TPSA) is 43.4 Å². The van der Waals surface area contributed by atoms with Crippen molar-refractivity contribution in [3.8, 4) is 0 Å². The molecule has 0 heterocycles. The van der Waals surface area contributed by atoms with Gasteiger partial charge in [0.2, 0.25) is 0 Å². The van der Waals surface area contributed by atoms with E-state index in [-0.39, 0.29) is 10.6 Å². The number of hydrogen-bond donors (Lipinski definition) is 0. The Morgan fingerprint density at radius 1 is 1.13 bits per heavy atom. The fourth-order valence-corrected chi connectivity index (χ4v) is 12.4. The van der Waals surface area contributed by atoms with Crippen LogP contribution in [0.1, 0.15) is 12.5 Å². The predicted molar refractivity (Wildman–Crippen MR) is 92.5 cm³/mol. The summed E-state index contributed by atoms with van der Waals surface area (Å²) in [6.45, 7) is 7.79. The predicted octanol–water partition coefficient (Wildman–Crippen LogP) is 4.67. The summed E-state index contributed by atoms with van der Waals surface area (Å²) in [6, 6.07) is 8.88. The third-order valence-electron chi connectivity index (χ3n) is 3.79. The van der Waals surface area contributed by atoms with E-state index in [2.05, 4.69) is 0 Å². The van der Waals surface area contributed by atoms with Gasteiger partial charge in [0.15, 0.2) is 0 Å². The molecular weight excluding hydrogens is 365 g/mol. The fourth-order valence-electron chi connectivity index (χ4n) is 2.10. The van der Waals surface area contributed by atoms with Crippen molar-refractivity contribution in [2.24, 2.45) is 0 Å². The molecule has 0 N–H and O–H groups in total. The Bertz CT molecular complexity index is 627. The Morgan fingerprint density at radius 2 is 1.61 bits per heavy atom. The van der Waals surface area contributed by atoms with Crippen molar-refractivity contribution in [2.45, 2.75) is 42.7 Å². The highest BCUT2D eigenvalue weighted by atomic mass is 32.3. The van der Waals surface area contributed by atoms with Crippen LogP contribution in [0.25, 0.3) is 0 Å². The summed E-state index contributed by atoms with van der Waals surface area (Å²) in [5.41, 5.74) is -4.63. The second-order valence-electron chi connectivity index (χ2n) is 6.68. The van der Waals surface area contributed by atoms with Crippen molar-refractivity contribution in [3.05, 3.63) is 35.9 Å². The second-order valence-corrected chi connectivity index (χ2v) is 17.7. The Morgan fingerprint density at radius 3 is 2.00 bits per heavy atom. The van der Waals surface area contributed by atoms with Gasteiger partial charge in [0.1, 0.15) is 0 Å². The minimum atomic E-state index is -5.62. The van der Waals surface area contributed by atoms with Crippen molar-refractivity contribution in [2.75, 3.05) is 6.26 Å². The number of alkyl halides is 3. The van der Waals surface area contributed by atoms with Crippen LogP contribution in [0.2, 0.25) is 19.6 Å². The number of benzene rings is 1. The summed E-state index contributed by atoms with van der Waals surface area (Å²) in [4.78, 5) is -0.229. The fraction of sp³-hybridized carbons (Fsp3) is 0.571. The third kappa shape index (κ3) is 5.23. The van der Waals surface area contributed by atoms with Gasteiger partial charge in [-0.25, -0.2) is 3.63 Å². The summed E-state index contributed by atoms with van der Waals surface area (Å²) in [7, 11) is -10.1. The molecule has 0 aliphatic heterocycles. The van der Waals surface area contributed by atoms with Gasteiger partial charge in [-0.15, -0.1) is 10.3 Å². The maximum atomic E-state index is 12.8. The molecule has 0 fully saturated rings. The van der Waals surface area contributed by atoms with Gasteiger partial charge < -0.3 is 0 Å². The Kier molecular flexibility index (Phi) is 6.05. The quantitative estimate of drug-likeness (QED) is 0.525. The minimum Gasteiger partial charge on any atom is -0.213 e. The number of halogens is 3. The zero-order valence-corrected chi connectivity index (χ0v) is 16.5. The van der Waals surface area contributed by atoms with Crippen LogP contribution in [0.3, 0.4) is 0 Å². The molecule has 0 aliphatic carbocycles. The molecule has 0 bridgehead atoms. The van der Waals surface area contributed by atoms with Crippen LogP contribution in [0, 0.1) is 0 Å². The van der Waals surface area contributed by atoms with Crippen LogP contribution in [0.5, 0.6) is 0 Å². The van der Waals surface area contributed by atoms with E-state index in [1.165, 1.54) is 6.26 Å². The molecule has 0 saturated heterocycles. The van der Waals surface area contributed by atoms with E-state index >= 15 is 0 Å². The van der Waals surface area contributed by atoms with Crippen molar-refractivity contribution >= 4 is 28.5 Å². The molecule has 1 aromatic rings. The first-order valence-electron chi connectivity index (χ1n) is 7.00. The zero-order chi connectivity index (χ0) is 18.1. The molecule has 0 aliphatic rings. The Balaban J connectivity index is 3.27. The summed E-state index contributed by atoms with van der Waals surface area (Å²) in [5.74, 6) is 0.175. The molecule has 1 rings (SSSR count). The van der Waals surface area contributed by atoms with Crippen LogP contribution in [0.15, 0.2) is 30.3 Å². The Hall–Kier alpha value is -0.513. The van der Waals surface area contributed by atoms with Gasteiger partial charge >= 0.3 is 15.6 Å². The molecule has 1 aromatic carbocycles. The van der Waals surface area contributed by atoms with Gasteiger partial charge in [0, 0.05) is 10.6 Å². The highest BCUT2D eigenvalue weighted by molar-refractivity contribution is 8.33. The first-order valence-corrected chi connectivity index (χ1v) is 14.2. The van der Waals surface area contributed by atoms with Gasteiger partial charge in [0.05, 0.1) is 8.07 Å². The van der Waals surface area contributed by atoms with Crippen LogP contribution < -0.4 is 0 Å². The Labute approximate surface area is 138 Å². The first-order chi connectivity index (χ1) is 10.2. The molecule has 134 valence electrons. The molecule has 2 atom stereocenters. The number of rotatable bonds is 6. The lowest BCUT2D eigenvalue weighted by atomic mass is 10.2. The van der Waals surface area contributed by atoms with E-state index in [0.29, 0.717) is 0 Å². The molecule has 9 heteroatoms. The summed E-state index contributed by atoms with van der Waals surface area (Å²) in [5, 5.41) is 0. The molecule has 23 heavy (non-hydrogen) atoms. The average molecular weight is 389 g/mol.